The number of nitrogens with one attached hydrogen (secondary N) is 1. The van der Waals surface area contributed by atoms with E-state index >= 15 is 0 Å². The standard InChI is InChI=1S/C15H27NO4S/c1-5-6-7-8-9-10-14(20-21(4,18)19)11-15(17)16-12-13(2)3/h5-8,13-14H,9-12H2,1-4H3,(H,16,17)/b6-5+,8-7-. The number of hydrogen-bond acceptors (Lipinski definition) is 4. The molecule has 0 bridgehead atoms. The number of carbonyl (C=O) groups is 1. The van der Waals surface area contributed by atoms with E-state index in [2.05, 4.69) is 5.32 Å². The second-order valence-corrected chi connectivity index (χ2v) is 6.96. The van der Waals surface area contributed by atoms with Crippen molar-refractivity contribution in [2.24, 2.45) is 5.92 Å². The van der Waals surface area contributed by atoms with Crippen molar-refractivity contribution in [1.82, 2.24) is 5.32 Å². The molecule has 0 aromatic rings. The fraction of sp³-hybridized carbons (Fsp3) is 0.667. The van der Waals surface area contributed by atoms with Crippen molar-refractivity contribution < 1.29 is 17.4 Å². The predicted molar refractivity (Wildman–Crippen MR) is 85.4 cm³/mol. The molecule has 0 aliphatic carbocycles. The van der Waals surface area contributed by atoms with Crippen LogP contribution in [0.5, 0.6) is 0 Å². The molecule has 0 spiro atoms. The summed E-state index contributed by atoms with van der Waals surface area (Å²) >= 11 is 0. The molecule has 0 saturated heterocycles. The molecule has 6 heteroatoms. The van der Waals surface area contributed by atoms with E-state index in [1.165, 1.54) is 0 Å². The maximum absolute atomic E-state index is 11.8. The Balaban J connectivity index is 4.41. The fourth-order valence-electron chi connectivity index (χ4n) is 1.60. The molecular formula is C15H27NO4S. The van der Waals surface area contributed by atoms with Gasteiger partial charge in [0.1, 0.15) is 0 Å². The highest BCUT2D eigenvalue weighted by molar-refractivity contribution is 7.86. The summed E-state index contributed by atoms with van der Waals surface area (Å²) in [6.45, 7) is 6.48. The molecule has 0 saturated carbocycles. The number of carbonyl (C=O) groups excluding carboxylic acids is 1. The molecule has 1 N–H and O–H groups in total. The number of allylic oxidation sites excluding steroid dienone is 4. The molecule has 122 valence electrons. The lowest BCUT2D eigenvalue weighted by Gasteiger charge is -2.16. The first kappa shape index (κ1) is 19.9. The minimum absolute atomic E-state index is 0.0528. The first-order valence-corrected chi connectivity index (χ1v) is 8.99. The van der Waals surface area contributed by atoms with Crippen molar-refractivity contribution in [3.8, 4) is 0 Å². The summed E-state index contributed by atoms with van der Waals surface area (Å²) in [5, 5.41) is 2.77. The third kappa shape index (κ3) is 13.6. The topological polar surface area (TPSA) is 72.5 Å². The van der Waals surface area contributed by atoms with E-state index in [1.54, 1.807) is 0 Å². The van der Waals surface area contributed by atoms with Gasteiger partial charge < -0.3 is 5.32 Å². The zero-order valence-electron chi connectivity index (χ0n) is 13.3. The molecule has 1 atom stereocenters. The highest BCUT2D eigenvalue weighted by atomic mass is 32.2. The van der Waals surface area contributed by atoms with Gasteiger partial charge in [-0.1, -0.05) is 38.2 Å². The highest BCUT2D eigenvalue weighted by Crippen LogP contribution is 2.11. The van der Waals surface area contributed by atoms with Crippen molar-refractivity contribution in [1.29, 1.82) is 0 Å². The number of hydrogen-bond donors (Lipinski definition) is 1. The monoisotopic (exact) mass is 317 g/mol. The van der Waals surface area contributed by atoms with Crippen LogP contribution in [0.2, 0.25) is 0 Å². The van der Waals surface area contributed by atoms with Crippen molar-refractivity contribution in [2.75, 3.05) is 12.8 Å². The van der Waals surface area contributed by atoms with Gasteiger partial charge in [-0.15, -0.1) is 0 Å². The van der Waals surface area contributed by atoms with Gasteiger partial charge in [-0.3, -0.25) is 8.98 Å². The van der Waals surface area contributed by atoms with Crippen LogP contribution in [-0.4, -0.2) is 33.2 Å². The minimum Gasteiger partial charge on any atom is -0.356 e. The predicted octanol–water partition coefficient (Wildman–Crippen LogP) is 2.41. The lowest BCUT2D eigenvalue weighted by atomic mass is 10.1. The van der Waals surface area contributed by atoms with E-state index in [0.717, 1.165) is 6.26 Å². The fourth-order valence-corrected chi connectivity index (χ4v) is 2.25. The number of amides is 1. The Morgan fingerprint density at radius 1 is 1.29 bits per heavy atom. The zero-order valence-corrected chi connectivity index (χ0v) is 14.2. The van der Waals surface area contributed by atoms with E-state index < -0.39 is 16.2 Å². The first-order valence-electron chi connectivity index (χ1n) is 7.17. The van der Waals surface area contributed by atoms with Crippen LogP contribution < -0.4 is 5.32 Å². The van der Waals surface area contributed by atoms with Crippen LogP contribution in [0, 0.1) is 5.92 Å². The van der Waals surface area contributed by atoms with E-state index in [-0.39, 0.29) is 12.3 Å². The van der Waals surface area contributed by atoms with E-state index in [1.807, 2.05) is 45.1 Å². The quantitative estimate of drug-likeness (QED) is 0.496. The third-order valence-electron chi connectivity index (χ3n) is 2.53. The summed E-state index contributed by atoms with van der Waals surface area (Å²) < 4.78 is 27.5. The third-order valence-corrected chi connectivity index (χ3v) is 3.15. The molecule has 0 heterocycles. The van der Waals surface area contributed by atoms with Gasteiger partial charge in [0.2, 0.25) is 5.91 Å². The highest BCUT2D eigenvalue weighted by Gasteiger charge is 2.18. The molecular weight excluding hydrogens is 290 g/mol. The SMILES string of the molecule is C/C=C/C=C\CCC(CC(=O)NCC(C)C)OS(C)(=O)=O. The second-order valence-electron chi connectivity index (χ2n) is 5.36. The molecule has 0 fully saturated rings. The van der Waals surface area contributed by atoms with E-state index in [4.69, 9.17) is 4.18 Å². The summed E-state index contributed by atoms with van der Waals surface area (Å²) in [5.74, 6) is 0.168. The summed E-state index contributed by atoms with van der Waals surface area (Å²) in [4.78, 5) is 11.8. The van der Waals surface area contributed by atoms with Gasteiger partial charge in [-0.2, -0.15) is 8.42 Å². The van der Waals surface area contributed by atoms with Gasteiger partial charge >= 0.3 is 0 Å². The molecule has 0 radical (unpaired) electrons. The molecule has 5 nitrogen and oxygen atoms in total. The molecule has 1 amide bonds. The Bertz CT molecular complexity index is 452. The average molecular weight is 317 g/mol. The van der Waals surface area contributed by atoms with Crippen LogP contribution in [0.15, 0.2) is 24.3 Å². The van der Waals surface area contributed by atoms with Crippen LogP contribution in [0.4, 0.5) is 0 Å². The Morgan fingerprint density at radius 2 is 1.95 bits per heavy atom. The second kappa shape index (κ2) is 10.6. The number of rotatable bonds is 10. The van der Waals surface area contributed by atoms with Crippen molar-refractivity contribution in [3.63, 3.8) is 0 Å². The van der Waals surface area contributed by atoms with E-state index in [9.17, 15) is 13.2 Å². The molecule has 1 unspecified atom stereocenters. The Kier molecular flexibility index (Phi) is 9.99. The molecule has 0 aromatic carbocycles. The van der Waals surface area contributed by atoms with Gasteiger partial charge in [-0.05, 0) is 25.7 Å². The lowest BCUT2D eigenvalue weighted by Crippen LogP contribution is -2.32. The summed E-state index contributed by atoms with van der Waals surface area (Å²) in [7, 11) is -3.57. The van der Waals surface area contributed by atoms with Crippen LogP contribution in [0.1, 0.15) is 40.0 Å². The first-order chi connectivity index (χ1) is 9.74. The van der Waals surface area contributed by atoms with Crippen molar-refractivity contribution in [3.05, 3.63) is 24.3 Å². The lowest BCUT2D eigenvalue weighted by molar-refractivity contribution is -0.122. The van der Waals surface area contributed by atoms with Gasteiger partial charge in [0.15, 0.2) is 0 Å². The Hall–Kier alpha value is -1.14. The molecule has 0 aliphatic rings. The zero-order chi connectivity index (χ0) is 16.3. The maximum Gasteiger partial charge on any atom is 0.264 e. The van der Waals surface area contributed by atoms with Gasteiger partial charge in [0.25, 0.3) is 10.1 Å². The Labute approximate surface area is 128 Å². The molecule has 21 heavy (non-hydrogen) atoms. The summed E-state index contributed by atoms with van der Waals surface area (Å²) in [6, 6.07) is 0. The van der Waals surface area contributed by atoms with Gasteiger partial charge in [-0.25, -0.2) is 0 Å². The normalized spacial score (nSPS) is 14.1. The van der Waals surface area contributed by atoms with Crippen molar-refractivity contribution >= 4 is 16.0 Å². The largest absolute Gasteiger partial charge is 0.356 e. The van der Waals surface area contributed by atoms with Crippen LogP contribution in [0.3, 0.4) is 0 Å². The molecule has 0 rings (SSSR count). The maximum atomic E-state index is 11.8. The van der Waals surface area contributed by atoms with Crippen LogP contribution in [-0.2, 0) is 19.1 Å². The van der Waals surface area contributed by atoms with Gasteiger partial charge in [0, 0.05) is 6.54 Å². The molecule has 0 aliphatic heterocycles. The van der Waals surface area contributed by atoms with Gasteiger partial charge in [0.05, 0.1) is 18.8 Å². The molecule has 0 aromatic heterocycles. The summed E-state index contributed by atoms with van der Waals surface area (Å²) in [6.07, 6.45) is 9.17. The van der Waals surface area contributed by atoms with Crippen LogP contribution in [0.25, 0.3) is 0 Å². The van der Waals surface area contributed by atoms with Crippen LogP contribution >= 0.6 is 0 Å². The smallest absolute Gasteiger partial charge is 0.264 e. The van der Waals surface area contributed by atoms with E-state index in [0.29, 0.717) is 25.3 Å². The minimum atomic E-state index is -3.57. The average Bonchev–Trinajstić information content (AvgIpc) is 2.34. The van der Waals surface area contributed by atoms with Crippen molar-refractivity contribution in [2.45, 2.75) is 46.1 Å². The Morgan fingerprint density at radius 3 is 2.48 bits per heavy atom. The summed E-state index contributed by atoms with van der Waals surface area (Å²) in [5.41, 5.74) is 0.